The number of halogens is 2. The minimum Gasteiger partial charge on any atom is -0.493 e. The Hall–Kier alpha value is -3.33. The summed E-state index contributed by atoms with van der Waals surface area (Å²) in [7, 11) is 3.06. The van der Waals surface area contributed by atoms with Gasteiger partial charge in [0.25, 0.3) is 5.56 Å². The molecule has 0 spiro atoms. The highest BCUT2D eigenvalue weighted by Crippen LogP contribution is 2.40. The number of allylic oxidation sites excluding steroid dienone is 1. The predicted molar refractivity (Wildman–Crippen MR) is 156 cm³/mol. The molecule has 11 heteroatoms. The summed E-state index contributed by atoms with van der Waals surface area (Å²) in [6.45, 7) is 3.78. The molecule has 0 aliphatic carbocycles. The highest BCUT2D eigenvalue weighted by atomic mass is 79.9. The number of benzene rings is 2. The van der Waals surface area contributed by atoms with E-state index in [2.05, 4.69) is 42.8 Å². The Morgan fingerprint density at radius 2 is 1.87 bits per heavy atom. The summed E-state index contributed by atoms with van der Waals surface area (Å²) in [5, 5.41) is 0. The molecule has 0 bridgehead atoms. The molecule has 0 N–H and O–H groups in total. The van der Waals surface area contributed by atoms with E-state index in [0.29, 0.717) is 46.8 Å². The molecule has 1 aliphatic rings. The van der Waals surface area contributed by atoms with Crippen molar-refractivity contribution in [2.45, 2.75) is 19.9 Å². The summed E-state index contributed by atoms with van der Waals surface area (Å²) < 4.78 is 25.1. The fourth-order valence-electron chi connectivity index (χ4n) is 4.16. The highest BCUT2D eigenvalue weighted by molar-refractivity contribution is 9.10. The fraction of sp³-hybridized carbons (Fsp3) is 0.250. The number of carbonyl (C=O) groups excluding carboxylic acids is 1. The standard InChI is InChI=1S/C28H24Br2N2O6S/c1-6-10-38-20-9-8-16(11-19(20)30)12-23-26(33)32-25(17-13-21(35-4)22(36-5)14-18(17)29)24(27(34)37-7-2)15(3)31-28(32)39-23/h1,8-9,11-14,25H,7,10H2,2-5H3/b23-12-/t25-/m1/s1. The van der Waals surface area contributed by atoms with Gasteiger partial charge in [0.1, 0.15) is 12.4 Å². The summed E-state index contributed by atoms with van der Waals surface area (Å²) in [5.74, 6) is 3.43. The van der Waals surface area contributed by atoms with Gasteiger partial charge in [0.2, 0.25) is 0 Å². The van der Waals surface area contributed by atoms with Crippen molar-refractivity contribution in [2.75, 3.05) is 27.4 Å². The van der Waals surface area contributed by atoms with E-state index in [4.69, 9.17) is 25.4 Å². The molecule has 0 saturated carbocycles. The molecule has 0 unspecified atom stereocenters. The number of esters is 1. The Labute approximate surface area is 245 Å². The lowest BCUT2D eigenvalue weighted by Gasteiger charge is -2.26. The first-order valence-electron chi connectivity index (χ1n) is 11.7. The smallest absolute Gasteiger partial charge is 0.338 e. The lowest BCUT2D eigenvalue weighted by Crippen LogP contribution is -2.40. The van der Waals surface area contributed by atoms with Gasteiger partial charge >= 0.3 is 5.97 Å². The van der Waals surface area contributed by atoms with Crippen molar-refractivity contribution in [3.8, 4) is 29.6 Å². The van der Waals surface area contributed by atoms with E-state index in [0.717, 1.165) is 5.56 Å². The van der Waals surface area contributed by atoms with Gasteiger partial charge in [0.05, 0.1) is 47.1 Å². The first-order chi connectivity index (χ1) is 18.7. The topological polar surface area (TPSA) is 88.3 Å². The van der Waals surface area contributed by atoms with Crippen molar-refractivity contribution >= 4 is 55.2 Å². The Morgan fingerprint density at radius 3 is 2.51 bits per heavy atom. The van der Waals surface area contributed by atoms with Crippen molar-refractivity contribution in [3.05, 3.63) is 81.4 Å². The van der Waals surface area contributed by atoms with Gasteiger partial charge in [-0.05, 0) is 71.2 Å². The molecule has 39 heavy (non-hydrogen) atoms. The Bertz CT molecular complexity index is 1700. The number of terminal acetylenes is 1. The van der Waals surface area contributed by atoms with E-state index in [1.165, 1.54) is 30.1 Å². The zero-order valence-corrected chi connectivity index (χ0v) is 25.5. The van der Waals surface area contributed by atoms with Crippen LogP contribution in [0.15, 0.2) is 60.3 Å². The number of ether oxygens (including phenoxy) is 4. The highest BCUT2D eigenvalue weighted by Gasteiger charge is 2.35. The second-order valence-corrected chi connectivity index (χ2v) is 10.9. The largest absolute Gasteiger partial charge is 0.493 e. The maximum atomic E-state index is 13.9. The van der Waals surface area contributed by atoms with Gasteiger partial charge in [0.15, 0.2) is 16.3 Å². The average Bonchev–Trinajstić information content (AvgIpc) is 3.21. The van der Waals surface area contributed by atoms with Gasteiger partial charge in [0, 0.05) is 4.47 Å². The number of aromatic nitrogens is 1. The van der Waals surface area contributed by atoms with Crippen LogP contribution < -0.4 is 29.1 Å². The van der Waals surface area contributed by atoms with Crippen LogP contribution in [0.25, 0.3) is 6.08 Å². The van der Waals surface area contributed by atoms with Gasteiger partial charge in [-0.15, -0.1) is 6.42 Å². The second-order valence-electron chi connectivity index (χ2n) is 8.21. The maximum Gasteiger partial charge on any atom is 0.338 e. The van der Waals surface area contributed by atoms with E-state index >= 15 is 0 Å². The second kappa shape index (κ2) is 12.2. The molecule has 0 amide bonds. The van der Waals surface area contributed by atoms with E-state index in [1.807, 2.05) is 12.1 Å². The third-order valence-corrected chi connectivity index (χ3v) is 8.17. The van der Waals surface area contributed by atoms with Gasteiger partial charge in [-0.3, -0.25) is 9.36 Å². The Kier molecular flexibility index (Phi) is 9.00. The average molecular weight is 676 g/mol. The van der Waals surface area contributed by atoms with Crippen LogP contribution in [0.5, 0.6) is 17.2 Å². The molecule has 8 nitrogen and oxygen atoms in total. The molecule has 4 rings (SSSR count). The van der Waals surface area contributed by atoms with E-state index in [9.17, 15) is 9.59 Å². The number of rotatable bonds is 8. The first-order valence-corrected chi connectivity index (χ1v) is 14.1. The van der Waals surface area contributed by atoms with Crippen LogP contribution >= 0.6 is 43.2 Å². The lowest BCUT2D eigenvalue weighted by molar-refractivity contribution is -0.139. The number of thiazole rings is 1. The number of carbonyl (C=O) groups is 1. The number of methoxy groups -OCH3 is 2. The predicted octanol–water partition coefficient (Wildman–Crippen LogP) is 4.35. The maximum absolute atomic E-state index is 13.9. The normalized spacial score (nSPS) is 14.8. The minimum absolute atomic E-state index is 0.143. The summed E-state index contributed by atoms with van der Waals surface area (Å²) >= 11 is 8.32. The SMILES string of the molecule is C#CCOc1ccc(/C=c2\sc3n(c2=O)[C@H](c2cc(OC)c(OC)cc2Br)C(C(=O)OCC)=C(C)N=3)cc1Br. The quantitative estimate of drug-likeness (QED) is 0.261. The Morgan fingerprint density at radius 1 is 1.15 bits per heavy atom. The zero-order valence-electron chi connectivity index (χ0n) is 21.5. The molecule has 1 atom stereocenters. The summed E-state index contributed by atoms with van der Waals surface area (Å²) in [6, 6.07) is 8.10. The first kappa shape index (κ1) is 28.7. The van der Waals surface area contributed by atoms with Crippen LogP contribution in [0.4, 0.5) is 0 Å². The molecule has 1 aromatic heterocycles. The molecular weight excluding hydrogens is 652 g/mol. The minimum atomic E-state index is -0.817. The summed E-state index contributed by atoms with van der Waals surface area (Å²) in [5.41, 5.74) is 1.82. The molecule has 2 aromatic carbocycles. The fourth-order valence-corrected chi connectivity index (χ4v) is 6.26. The third kappa shape index (κ3) is 5.69. The number of nitrogens with zero attached hydrogens (tertiary/aromatic N) is 2. The molecule has 0 fully saturated rings. The summed E-state index contributed by atoms with van der Waals surface area (Å²) in [4.78, 5) is 32.2. The molecule has 2 heterocycles. The number of hydrogen-bond acceptors (Lipinski definition) is 8. The molecule has 1 aliphatic heterocycles. The lowest BCUT2D eigenvalue weighted by atomic mass is 9.95. The van der Waals surface area contributed by atoms with E-state index < -0.39 is 12.0 Å². The van der Waals surface area contributed by atoms with Crippen molar-refractivity contribution in [3.63, 3.8) is 0 Å². The van der Waals surface area contributed by atoms with E-state index in [-0.39, 0.29) is 24.3 Å². The molecule has 3 aromatic rings. The Balaban J connectivity index is 1.94. The number of hydrogen-bond donors (Lipinski definition) is 0. The number of fused-ring (bicyclic) bond motifs is 1. The van der Waals surface area contributed by atoms with Crippen LogP contribution in [0.1, 0.15) is 31.0 Å². The molecule has 202 valence electrons. The van der Waals surface area contributed by atoms with Crippen LogP contribution in [0.2, 0.25) is 0 Å². The van der Waals surface area contributed by atoms with Gasteiger partial charge in [-0.25, -0.2) is 9.79 Å². The monoisotopic (exact) mass is 674 g/mol. The van der Waals surface area contributed by atoms with Crippen molar-refractivity contribution in [1.82, 2.24) is 4.57 Å². The van der Waals surface area contributed by atoms with Gasteiger partial charge in [-0.2, -0.15) is 0 Å². The molecule has 0 saturated heterocycles. The van der Waals surface area contributed by atoms with E-state index in [1.54, 1.807) is 38.1 Å². The van der Waals surface area contributed by atoms with Crippen LogP contribution in [0, 0.1) is 12.3 Å². The van der Waals surface area contributed by atoms with Crippen molar-refractivity contribution < 1.29 is 23.7 Å². The van der Waals surface area contributed by atoms with Gasteiger partial charge < -0.3 is 18.9 Å². The van der Waals surface area contributed by atoms with Crippen LogP contribution in [-0.4, -0.2) is 38.0 Å². The molecular formula is C28H24Br2N2O6S. The van der Waals surface area contributed by atoms with Crippen LogP contribution in [-0.2, 0) is 9.53 Å². The van der Waals surface area contributed by atoms with Crippen molar-refractivity contribution in [1.29, 1.82) is 0 Å². The summed E-state index contributed by atoms with van der Waals surface area (Å²) in [6.07, 6.45) is 7.05. The third-order valence-electron chi connectivity index (χ3n) is 5.88. The van der Waals surface area contributed by atoms with Crippen LogP contribution in [0.3, 0.4) is 0 Å². The van der Waals surface area contributed by atoms with Gasteiger partial charge in [-0.1, -0.05) is 39.3 Å². The molecule has 0 radical (unpaired) electrons. The zero-order chi connectivity index (χ0) is 28.3. The van der Waals surface area contributed by atoms with Crippen molar-refractivity contribution in [2.24, 2.45) is 4.99 Å².